The molecule has 2 aromatic rings. The van der Waals surface area contributed by atoms with E-state index in [1.165, 1.54) is 6.92 Å². The molecule has 1 aliphatic carbocycles. The second kappa shape index (κ2) is 9.11. The van der Waals surface area contributed by atoms with Crippen molar-refractivity contribution in [1.29, 1.82) is 0 Å². The zero-order valence-corrected chi connectivity index (χ0v) is 16.7. The van der Waals surface area contributed by atoms with Crippen molar-refractivity contribution in [2.75, 3.05) is 13.2 Å². The highest BCUT2D eigenvalue weighted by Gasteiger charge is 2.39. The standard InChI is InChI=1S/C22H22F2N2O5/c1-13(10-19(27)25-12-22(23,24)20(28)29)26-21(30)31-11-18-16-8-4-2-6-14(16)15-7-3-5-9-17(15)18/h2-9,13,18H,10-12H2,1H3,(H,25,27)(H,26,30)(H,28,29)/t13-/m0/s1. The average Bonchev–Trinajstić information content (AvgIpc) is 3.04. The quantitative estimate of drug-likeness (QED) is 0.595. The Kier molecular flexibility index (Phi) is 6.53. The highest BCUT2D eigenvalue weighted by Crippen LogP contribution is 2.44. The van der Waals surface area contributed by atoms with E-state index >= 15 is 0 Å². The molecule has 0 aliphatic heterocycles. The Labute approximate surface area is 177 Å². The lowest BCUT2D eigenvalue weighted by molar-refractivity contribution is -0.164. The Hall–Kier alpha value is -3.49. The highest BCUT2D eigenvalue weighted by molar-refractivity contribution is 5.81. The highest BCUT2D eigenvalue weighted by atomic mass is 19.3. The van der Waals surface area contributed by atoms with Crippen molar-refractivity contribution in [3.8, 4) is 11.1 Å². The van der Waals surface area contributed by atoms with Gasteiger partial charge in [-0.15, -0.1) is 0 Å². The van der Waals surface area contributed by atoms with Crippen LogP contribution < -0.4 is 10.6 Å². The molecular formula is C22H22F2N2O5. The van der Waals surface area contributed by atoms with Gasteiger partial charge in [0.25, 0.3) is 0 Å². The molecule has 1 aliphatic rings. The van der Waals surface area contributed by atoms with Crippen LogP contribution in [-0.2, 0) is 14.3 Å². The number of nitrogens with one attached hydrogen (secondary N) is 2. The summed E-state index contributed by atoms with van der Waals surface area (Å²) in [4.78, 5) is 34.2. The Morgan fingerprint density at radius 1 is 1.06 bits per heavy atom. The summed E-state index contributed by atoms with van der Waals surface area (Å²) < 4.78 is 31.4. The average molecular weight is 432 g/mol. The summed E-state index contributed by atoms with van der Waals surface area (Å²) in [5, 5.41) is 12.7. The van der Waals surface area contributed by atoms with E-state index < -0.39 is 36.5 Å². The van der Waals surface area contributed by atoms with Gasteiger partial charge in [0.2, 0.25) is 5.91 Å². The number of halogens is 2. The van der Waals surface area contributed by atoms with Gasteiger partial charge in [-0.2, -0.15) is 8.78 Å². The third kappa shape index (κ3) is 5.17. The Morgan fingerprint density at radius 3 is 2.16 bits per heavy atom. The number of carbonyl (C=O) groups excluding carboxylic acids is 2. The molecule has 9 heteroatoms. The molecule has 0 saturated heterocycles. The van der Waals surface area contributed by atoms with Crippen LogP contribution in [-0.4, -0.2) is 48.2 Å². The van der Waals surface area contributed by atoms with Gasteiger partial charge in [-0.25, -0.2) is 9.59 Å². The maximum Gasteiger partial charge on any atom is 0.407 e. The van der Waals surface area contributed by atoms with E-state index in [9.17, 15) is 23.2 Å². The topological polar surface area (TPSA) is 105 Å². The van der Waals surface area contributed by atoms with Crippen LogP contribution in [0.15, 0.2) is 48.5 Å². The fourth-order valence-corrected chi connectivity index (χ4v) is 3.53. The molecule has 7 nitrogen and oxygen atoms in total. The molecule has 3 N–H and O–H groups in total. The lowest BCUT2D eigenvalue weighted by Crippen LogP contribution is -2.44. The minimum atomic E-state index is -4.06. The van der Waals surface area contributed by atoms with Gasteiger partial charge in [0.15, 0.2) is 0 Å². The van der Waals surface area contributed by atoms with Crippen molar-refractivity contribution in [3.63, 3.8) is 0 Å². The molecule has 3 rings (SSSR count). The van der Waals surface area contributed by atoms with Gasteiger partial charge >= 0.3 is 18.0 Å². The molecule has 1 atom stereocenters. The summed E-state index contributed by atoms with van der Waals surface area (Å²) in [6, 6.07) is 15.1. The van der Waals surface area contributed by atoms with E-state index in [0.29, 0.717) is 0 Å². The number of hydrogen-bond acceptors (Lipinski definition) is 4. The molecule has 0 bridgehead atoms. The second-order valence-corrected chi connectivity index (χ2v) is 7.36. The number of alkyl carbamates (subject to hydrolysis) is 1. The number of fused-ring (bicyclic) bond motifs is 3. The van der Waals surface area contributed by atoms with Gasteiger partial charge < -0.3 is 20.5 Å². The Morgan fingerprint density at radius 2 is 1.61 bits per heavy atom. The zero-order chi connectivity index (χ0) is 22.6. The van der Waals surface area contributed by atoms with Crippen molar-refractivity contribution in [1.82, 2.24) is 10.6 Å². The maximum absolute atomic E-state index is 13.0. The van der Waals surface area contributed by atoms with Crippen LogP contribution in [0.5, 0.6) is 0 Å². The van der Waals surface area contributed by atoms with Crippen LogP contribution in [0.3, 0.4) is 0 Å². The number of hydrogen-bond donors (Lipinski definition) is 3. The number of alkyl halides is 2. The van der Waals surface area contributed by atoms with Crippen LogP contribution >= 0.6 is 0 Å². The van der Waals surface area contributed by atoms with Gasteiger partial charge in [-0.3, -0.25) is 4.79 Å². The van der Waals surface area contributed by atoms with Gasteiger partial charge in [0.05, 0.1) is 6.54 Å². The summed E-state index contributed by atoms with van der Waals surface area (Å²) in [5.41, 5.74) is 4.30. The minimum Gasteiger partial charge on any atom is -0.477 e. The third-order valence-electron chi connectivity index (χ3n) is 5.02. The van der Waals surface area contributed by atoms with Gasteiger partial charge in [0, 0.05) is 18.4 Å². The molecule has 164 valence electrons. The van der Waals surface area contributed by atoms with Gasteiger partial charge in [-0.1, -0.05) is 48.5 Å². The monoisotopic (exact) mass is 432 g/mol. The smallest absolute Gasteiger partial charge is 0.407 e. The molecule has 2 amide bonds. The molecule has 31 heavy (non-hydrogen) atoms. The predicted molar refractivity (Wildman–Crippen MR) is 108 cm³/mol. The fraction of sp³-hybridized carbons (Fsp3) is 0.318. The van der Waals surface area contributed by atoms with Crippen LogP contribution in [0.4, 0.5) is 13.6 Å². The molecule has 0 fully saturated rings. The van der Waals surface area contributed by atoms with Crippen LogP contribution in [0.1, 0.15) is 30.4 Å². The molecule has 2 aromatic carbocycles. The first-order valence-electron chi connectivity index (χ1n) is 9.68. The SMILES string of the molecule is C[C@@H](CC(=O)NCC(F)(F)C(=O)O)NC(=O)OCC1c2ccccc2-c2ccccc21. The number of carboxylic acid groups (broad SMARTS) is 1. The zero-order valence-electron chi connectivity index (χ0n) is 16.7. The molecule has 0 spiro atoms. The first-order valence-corrected chi connectivity index (χ1v) is 9.68. The van der Waals surface area contributed by atoms with E-state index in [1.807, 2.05) is 53.8 Å². The number of carbonyl (C=O) groups is 3. The van der Waals surface area contributed by atoms with Crippen molar-refractivity contribution < 1.29 is 33.0 Å². The van der Waals surface area contributed by atoms with Crippen LogP contribution in [0.2, 0.25) is 0 Å². The normalized spacial score (nSPS) is 13.6. The largest absolute Gasteiger partial charge is 0.477 e. The van der Waals surface area contributed by atoms with Crippen molar-refractivity contribution in [3.05, 3.63) is 59.7 Å². The van der Waals surface area contributed by atoms with E-state index in [0.717, 1.165) is 22.3 Å². The fourth-order valence-electron chi connectivity index (χ4n) is 3.53. The maximum atomic E-state index is 13.0. The van der Waals surface area contributed by atoms with Gasteiger partial charge in [0.1, 0.15) is 6.61 Å². The Bertz CT molecular complexity index is 950. The second-order valence-electron chi connectivity index (χ2n) is 7.36. The molecule has 0 radical (unpaired) electrons. The van der Waals surface area contributed by atoms with E-state index in [4.69, 9.17) is 9.84 Å². The first kappa shape index (κ1) is 22.2. The molecule has 0 unspecified atom stereocenters. The van der Waals surface area contributed by atoms with E-state index in [-0.39, 0.29) is 18.9 Å². The number of ether oxygens (including phenoxy) is 1. The number of carboxylic acids is 1. The number of aliphatic carboxylic acids is 1. The summed E-state index contributed by atoms with van der Waals surface area (Å²) in [7, 11) is 0. The molecule has 0 saturated carbocycles. The van der Waals surface area contributed by atoms with Crippen LogP contribution in [0, 0.1) is 0 Å². The minimum absolute atomic E-state index is 0.101. The molecule has 0 aromatic heterocycles. The molecular weight excluding hydrogens is 410 g/mol. The predicted octanol–water partition coefficient (Wildman–Crippen LogP) is 3.14. The van der Waals surface area contributed by atoms with Crippen molar-refractivity contribution in [2.24, 2.45) is 0 Å². The lowest BCUT2D eigenvalue weighted by Gasteiger charge is -2.17. The summed E-state index contributed by atoms with van der Waals surface area (Å²) in [5.74, 6) is -7.31. The summed E-state index contributed by atoms with van der Waals surface area (Å²) in [6.07, 6.45) is -1.04. The van der Waals surface area contributed by atoms with E-state index in [1.54, 1.807) is 0 Å². The number of amides is 2. The van der Waals surface area contributed by atoms with Crippen molar-refractivity contribution >= 4 is 18.0 Å². The Balaban J connectivity index is 1.50. The lowest BCUT2D eigenvalue weighted by atomic mass is 9.98. The van der Waals surface area contributed by atoms with Crippen LogP contribution in [0.25, 0.3) is 11.1 Å². The number of benzene rings is 2. The van der Waals surface area contributed by atoms with E-state index in [2.05, 4.69) is 5.32 Å². The number of rotatable bonds is 8. The third-order valence-corrected chi connectivity index (χ3v) is 5.02. The first-order chi connectivity index (χ1) is 14.7. The molecule has 0 heterocycles. The van der Waals surface area contributed by atoms with Gasteiger partial charge in [-0.05, 0) is 29.2 Å². The summed E-state index contributed by atoms with van der Waals surface area (Å²) >= 11 is 0. The summed E-state index contributed by atoms with van der Waals surface area (Å²) in [6.45, 7) is 0.290. The van der Waals surface area contributed by atoms with Crippen molar-refractivity contribution in [2.45, 2.75) is 31.2 Å².